The molecule has 0 radical (unpaired) electrons. The lowest BCUT2D eigenvalue weighted by Crippen LogP contribution is -2.15. The summed E-state index contributed by atoms with van der Waals surface area (Å²) in [4.78, 5) is 14.1. The highest BCUT2D eigenvalue weighted by molar-refractivity contribution is 5.87. The molecule has 0 aliphatic heterocycles. The number of methoxy groups -OCH3 is 1. The number of nitrogens with two attached hydrogens (primary N) is 1. The summed E-state index contributed by atoms with van der Waals surface area (Å²) in [6.07, 6.45) is 3.67. The Morgan fingerprint density at radius 2 is 2.04 bits per heavy atom. The highest BCUT2D eigenvalue weighted by atomic mass is 16.5. The average molecular weight is 368 g/mol. The van der Waals surface area contributed by atoms with Gasteiger partial charge in [0.1, 0.15) is 6.07 Å². The van der Waals surface area contributed by atoms with Crippen molar-refractivity contribution < 1.29 is 9.47 Å². The summed E-state index contributed by atoms with van der Waals surface area (Å²) in [5, 5.41) is 9.58. The average Bonchev–Trinajstić information content (AvgIpc) is 2.66. The summed E-state index contributed by atoms with van der Waals surface area (Å²) in [7, 11) is 5.17. The van der Waals surface area contributed by atoms with Gasteiger partial charge in [-0.25, -0.2) is 0 Å². The van der Waals surface area contributed by atoms with Crippen LogP contribution in [-0.4, -0.2) is 42.8 Å². The van der Waals surface area contributed by atoms with Crippen molar-refractivity contribution in [3.05, 3.63) is 29.6 Å². The maximum absolute atomic E-state index is 9.58. The van der Waals surface area contributed by atoms with Crippen molar-refractivity contribution in [1.82, 2.24) is 15.0 Å². The maximum atomic E-state index is 9.58. The van der Waals surface area contributed by atoms with Gasteiger partial charge in [-0.1, -0.05) is 19.4 Å². The number of rotatable bonds is 8. The van der Waals surface area contributed by atoms with Crippen LogP contribution in [0.2, 0.25) is 0 Å². The zero-order valence-corrected chi connectivity index (χ0v) is 16.1. The number of anilines is 2. The maximum Gasteiger partial charge on any atom is 0.230 e. The predicted octanol–water partition coefficient (Wildman–Crippen LogP) is 2.77. The monoisotopic (exact) mass is 368 g/mol. The number of nitrogens with zero attached hydrogens (tertiary/aromatic N) is 5. The minimum atomic E-state index is 0.0585. The fraction of sp³-hybridized carbons (Fsp3) is 0.368. The topological polar surface area (TPSA) is 110 Å². The molecule has 0 unspecified atom stereocenters. The SMILES string of the molecule is CCCCOc1cc(/C=C(\C#N)c2nc(N)nc(N(C)C)n2)ccc1OC. The third-order valence-corrected chi connectivity index (χ3v) is 3.66. The van der Waals surface area contributed by atoms with E-state index in [1.54, 1.807) is 38.2 Å². The van der Waals surface area contributed by atoms with Crippen molar-refractivity contribution in [3.63, 3.8) is 0 Å². The number of unbranched alkanes of at least 4 members (excludes halogenated alkanes) is 1. The van der Waals surface area contributed by atoms with E-state index in [0.717, 1.165) is 18.4 Å². The van der Waals surface area contributed by atoms with Crippen LogP contribution in [0.3, 0.4) is 0 Å². The van der Waals surface area contributed by atoms with E-state index in [2.05, 4.69) is 27.9 Å². The molecular formula is C19H24N6O2. The predicted molar refractivity (Wildman–Crippen MR) is 105 cm³/mol. The van der Waals surface area contributed by atoms with Gasteiger partial charge in [0.05, 0.1) is 19.3 Å². The molecule has 0 aliphatic carbocycles. The lowest BCUT2D eigenvalue weighted by atomic mass is 10.1. The van der Waals surface area contributed by atoms with E-state index in [1.807, 2.05) is 12.1 Å². The molecule has 27 heavy (non-hydrogen) atoms. The zero-order valence-electron chi connectivity index (χ0n) is 16.1. The first-order valence-electron chi connectivity index (χ1n) is 8.60. The van der Waals surface area contributed by atoms with Crippen molar-refractivity contribution >= 4 is 23.5 Å². The van der Waals surface area contributed by atoms with E-state index in [-0.39, 0.29) is 17.3 Å². The van der Waals surface area contributed by atoms with Gasteiger partial charge in [-0.2, -0.15) is 20.2 Å². The quantitative estimate of drug-likeness (QED) is 0.559. The Balaban J connectivity index is 2.40. The van der Waals surface area contributed by atoms with Gasteiger partial charge in [-0.15, -0.1) is 0 Å². The largest absolute Gasteiger partial charge is 0.493 e. The summed E-state index contributed by atoms with van der Waals surface area (Å²) in [5.41, 5.74) is 6.79. The van der Waals surface area contributed by atoms with E-state index >= 15 is 0 Å². The van der Waals surface area contributed by atoms with E-state index in [0.29, 0.717) is 24.1 Å². The Bertz CT molecular complexity index is 858. The molecule has 0 bridgehead atoms. The number of hydrogen-bond donors (Lipinski definition) is 1. The first-order chi connectivity index (χ1) is 13.0. The van der Waals surface area contributed by atoms with Gasteiger partial charge in [0.25, 0.3) is 0 Å². The molecule has 1 aromatic carbocycles. The molecule has 0 saturated carbocycles. The summed E-state index contributed by atoms with van der Waals surface area (Å²) >= 11 is 0. The van der Waals surface area contributed by atoms with Gasteiger partial charge in [-0.3, -0.25) is 0 Å². The van der Waals surface area contributed by atoms with Crippen LogP contribution in [0.5, 0.6) is 11.5 Å². The second-order valence-electron chi connectivity index (χ2n) is 5.99. The molecule has 1 aromatic heterocycles. The molecule has 0 spiro atoms. The third kappa shape index (κ3) is 5.31. The molecule has 142 valence electrons. The molecule has 2 rings (SSSR count). The van der Waals surface area contributed by atoms with Crippen molar-refractivity contribution in [1.29, 1.82) is 5.26 Å². The van der Waals surface area contributed by atoms with Gasteiger partial charge in [0.2, 0.25) is 11.9 Å². The molecule has 0 fully saturated rings. The zero-order chi connectivity index (χ0) is 19.8. The van der Waals surface area contributed by atoms with Gasteiger partial charge in [-0.05, 0) is 30.2 Å². The number of ether oxygens (including phenoxy) is 2. The number of benzene rings is 1. The first-order valence-corrected chi connectivity index (χ1v) is 8.60. The Labute approximate surface area is 159 Å². The Kier molecular flexibility index (Phi) is 6.94. The normalized spacial score (nSPS) is 11.0. The van der Waals surface area contributed by atoms with Crippen molar-refractivity contribution in [2.75, 3.05) is 38.4 Å². The van der Waals surface area contributed by atoms with Crippen LogP contribution in [-0.2, 0) is 0 Å². The minimum Gasteiger partial charge on any atom is -0.493 e. The molecule has 1 heterocycles. The van der Waals surface area contributed by atoms with Crippen molar-refractivity contribution in [3.8, 4) is 17.6 Å². The van der Waals surface area contributed by atoms with Crippen LogP contribution in [0.1, 0.15) is 31.2 Å². The molecule has 8 nitrogen and oxygen atoms in total. The summed E-state index contributed by atoms with van der Waals surface area (Å²) < 4.78 is 11.1. The Morgan fingerprint density at radius 3 is 2.67 bits per heavy atom. The summed E-state index contributed by atoms with van der Waals surface area (Å²) in [6, 6.07) is 7.58. The van der Waals surface area contributed by atoms with E-state index in [4.69, 9.17) is 15.2 Å². The van der Waals surface area contributed by atoms with Gasteiger partial charge in [0.15, 0.2) is 17.3 Å². The highest BCUT2D eigenvalue weighted by Crippen LogP contribution is 2.30. The van der Waals surface area contributed by atoms with Gasteiger partial charge < -0.3 is 20.1 Å². The highest BCUT2D eigenvalue weighted by Gasteiger charge is 2.12. The number of allylic oxidation sites excluding steroid dienone is 1. The Morgan fingerprint density at radius 1 is 1.26 bits per heavy atom. The Hall–Kier alpha value is -3.34. The number of hydrogen-bond acceptors (Lipinski definition) is 8. The van der Waals surface area contributed by atoms with Gasteiger partial charge in [0, 0.05) is 14.1 Å². The fourth-order valence-corrected chi connectivity index (χ4v) is 2.24. The van der Waals surface area contributed by atoms with Crippen LogP contribution in [0.25, 0.3) is 11.6 Å². The smallest absolute Gasteiger partial charge is 0.230 e. The van der Waals surface area contributed by atoms with Crippen LogP contribution in [0, 0.1) is 11.3 Å². The van der Waals surface area contributed by atoms with E-state index < -0.39 is 0 Å². The lowest BCUT2D eigenvalue weighted by molar-refractivity contribution is 0.288. The standard InChI is InChI=1S/C19H24N6O2/c1-5-6-9-27-16-11-13(7-8-15(16)26-4)10-14(12-20)17-22-18(21)24-19(23-17)25(2)3/h7-8,10-11H,5-6,9H2,1-4H3,(H2,21,22,23,24)/b14-10+. The third-order valence-electron chi connectivity index (χ3n) is 3.66. The van der Waals surface area contributed by atoms with Crippen molar-refractivity contribution in [2.24, 2.45) is 0 Å². The number of nitrogen functional groups attached to an aromatic ring is 1. The minimum absolute atomic E-state index is 0.0585. The second-order valence-corrected chi connectivity index (χ2v) is 5.99. The van der Waals surface area contributed by atoms with Crippen LogP contribution < -0.4 is 20.1 Å². The summed E-state index contributed by atoms with van der Waals surface area (Å²) in [6.45, 7) is 2.70. The molecule has 0 atom stereocenters. The van der Waals surface area contributed by atoms with Crippen LogP contribution in [0.4, 0.5) is 11.9 Å². The van der Waals surface area contributed by atoms with E-state index in [9.17, 15) is 5.26 Å². The molecule has 2 N–H and O–H groups in total. The first kappa shape index (κ1) is 20.0. The second kappa shape index (κ2) is 9.38. The molecule has 8 heteroatoms. The van der Waals surface area contributed by atoms with Crippen LogP contribution >= 0.6 is 0 Å². The molecule has 0 saturated heterocycles. The molecule has 2 aromatic rings. The molecule has 0 amide bonds. The van der Waals surface area contributed by atoms with Crippen molar-refractivity contribution in [2.45, 2.75) is 19.8 Å². The fourth-order valence-electron chi connectivity index (χ4n) is 2.24. The summed E-state index contributed by atoms with van der Waals surface area (Å²) in [5.74, 6) is 1.93. The lowest BCUT2D eigenvalue weighted by Gasteiger charge is -2.12. The number of aromatic nitrogens is 3. The van der Waals surface area contributed by atoms with Crippen LogP contribution in [0.15, 0.2) is 18.2 Å². The number of nitriles is 1. The molecule has 0 aliphatic rings. The molecular weight excluding hydrogens is 344 g/mol. The van der Waals surface area contributed by atoms with E-state index in [1.165, 1.54) is 0 Å². The van der Waals surface area contributed by atoms with Gasteiger partial charge >= 0.3 is 0 Å².